The first-order valence-electron chi connectivity index (χ1n) is 5.01. The van der Waals surface area contributed by atoms with Gasteiger partial charge >= 0.3 is 0 Å². The molecule has 1 atom stereocenters. The molecule has 1 aromatic rings. The number of carbonyl (C=O) groups excluding carboxylic acids is 1. The fraction of sp³-hybridized carbons (Fsp3) is 0.455. The van der Waals surface area contributed by atoms with Crippen LogP contribution in [0.15, 0.2) is 24.5 Å². The molecule has 15 heavy (non-hydrogen) atoms. The van der Waals surface area contributed by atoms with Gasteiger partial charge in [-0.15, -0.1) is 0 Å². The lowest BCUT2D eigenvalue weighted by molar-refractivity contribution is -0.126. The first-order valence-corrected chi connectivity index (χ1v) is 5.01. The second-order valence-corrected chi connectivity index (χ2v) is 3.21. The smallest absolute Gasteiger partial charge is 0.246 e. The molecule has 0 bridgehead atoms. The van der Waals surface area contributed by atoms with E-state index in [2.05, 4.69) is 10.3 Å². The van der Waals surface area contributed by atoms with Gasteiger partial charge in [0, 0.05) is 19.0 Å². The molecule has 4 nitrogen and oxygen atoms in total. The zero-order chi connectivity index (χ0) is 11.1. The summed E-state index contributed by atoms with van der Waals surface area (Å²) in [7, 11) is 0. The number of rotatable bonds is 5. The third-order valence-electron chi connectivity index (χ3n) is 2.00. The van der Waals surface area contributed by atoms with Crippen LogP contribution in [0.5, 0.6) is 0 Å². The maximum atomic E-state index is 11.3. The molecule has 1 rings (SSSR count). The van der Waals surface area contributed by atoms with Crippen LogP contribution in [0, 0.1) is 0 Å². The fourth-order valence-corrected chi connectivity index (χ4v) is 1.19. The van der Waals surface area contributed by atoms with Crippen molar-refractivity contribution in [2.24, 2.45) is 0 Å². The van der Waals surface area contributed by atoms with Crippen molar-refractivity contribution in [1.82, 2.24) is 10.3 Å². The van der Waals surface area contributed by atoms with Crippen molar-refractivity contribution in [2.45, 2.75) is 19.9 Å². The zero-order valence-electron chi connectivity index (χ0n) is 9.06. The van der Waals surface area contributed by atoms with E-state index >= 15 is 0 Å². The molecule has 1 aromatic heterocycles. The molecule has 0 aliphatic heterocycles. The van der Waals surface area contributed by atoms with Crippen molar-refractivity contribution in [1.29, 1.82) is 0 Å². The molecule has 1 unspecified atom stereocenters. The normalized spacial score (nSPS) is 12.1. The Bertz CT molecular complexity index is 301. The Morgan fingerprint density at radius 1 is 1.67 bits per heavy atom. The Kier molecular flexibility index (Phi) is 4.77. The highest BCUT2D eigenvalue weighted by Gasteiger charge is 2.08. The summed E-state index contributed by atoms with van der Waals surface area (Å²) in [4.78, 5) is 15.3. The monoisotopic (exact) mass is 208 g/mol. The maximum Gasteiger partial charge on any atom is 0.246 e. The van der Waals surface area contributed by atoms with Gasteiger partial charge in [0.2, 0.25) is 5.91 Å². The molecule has 0 aromatic carbocycles. The molecule has 0 saturated carbocycles. The van der Waals surface area contributed by atoms with Crippen LogP contribution in [0.25, 0.3) is 0 Å². The number of aromatic nitrogens is 1. The third kappa shape index (κ3) is 4.08. The predicted molar refractivity (Wildman–Crippen MR) is 57.3 cm³/mol. The van der Waals surface area contributed by atoms with E-state index in [1.54, 1.807) is 12.4 Å². The van der Waals surface area contributed by atoms with Gasteiger partial charge in [0.05, 0.1) is 6.04 Å². The van der Waals surface area contributed by atoms with E-state index in [0.29, 0.717) is 6.61 Å². The quantitative estimate of drug-likeness (QED) is 0.793. The molecule has 1 N–H and O–H groups in total. The molecule has 0 aliphatic carbocycles. The van der Waals surface area contributed by atoms with Crippen LogP contribution >= 0.6 is 0 Å². The van der Waals surface area contributed by atoms with E-state index in [1.807, 2.05) is 26.0 Å². The van der Waals surface area contributed by atoms with Gasteiger partial charge in [-0.2, -0.15) is 0 Å². The summed E-state index contributed by atoms with van der Waals surface area (Å²) in [6.07, 6.45) is 3.45. The van der Waals surface area contributed by atoms with E-state index in [-0.39, 0.29) is 18.6 Å². The van der Waals surface area contributed by atoms with Gasteiger partial charge in [-0.3, -0.25) is 9.78 Å². The van der Waals surface area contributed by atoms with Crippen LogP contribution in [0.4, 0.5) is 0 Å². The zero-order valence-corrected chi connectivity index (χ0v) is 9.06. The first kappa shape index (κ1) is 11.7. The van der Waals surface area contributed by atoms with Crippen molar-refractivity contribution in [3.05, 3.63) is 30.1 Å². The van der Waals surface area contributed by atoms with E-state index in [1.165, 1.54) is 0 Å². The van der Waals surface area contributed by atoms with E-state index < -0.39 is 0 Å². The SMILES string of the molecule is CCOCC(=O)NC(C)c1cccnc1. The standard InChI is InChI=1S/C11H16N2O2/c1-3-15-8-11(14)13-9(2)10-5-4-6-12-7-10/h4-7,9H,3,8H2,1-2H3,(H,13,14). The molecule has 0 fully saturated rings. The maximum absolute atomic E-state index is 11.3. The van der Waals surface area contributed by atoms with Crippen LogP contribution in [0.2, 0.25) is 0 Å². The highest BCUT2D eigenvalue weighted by atomic mass is 16.5. The Morgan fingerprint density at radius 3 is 3.07 bits per heavy atom. The average molecular weight is 208 g/mol. The van der Waals surface area contributed by atoms with Gasteiger partial charge in [0.15, 0.2) is 0 Å². The number of amides is 1. The predicted octanol–water partition coefficient (Wildman–Crippen LogP) is 1.30. The molecular weight excluding hydrogens is 192 g/mol. The van der Waals surface area contributed by atoms with Gasteiger partial charge < -0.3 is 10.1 Å². The van der Waals surface area contributed by atoms with E-state index in [9.17, 15) is 4.79 Å². The highest BCUT2D eigenvalue weighted by molar-refractivity contribution is 5.77. The van der Waals surface area contributed by atoms with Gasteiger partial charge in [0.1, 0.15) is 6.61 Å². The highest BCUT2D eigenvalue weighted by Crippen LogP contribution is 2.09. The second-order valence-electron chi connectivity index (χ2n) is 3.21. The second kappa shape index (κ2) is 6.14. The number of carbonyl (C=O) groups is 1. The number of hydrogen-bond acceptors (Lipinski definition) is 3. The van der Waals surface area contributed by atoms with Crippen LogP contribution < -0.4 is 5.32 Å². The topological polar surface area (TPSA) is 51.2 Å². The summed E-state index contributed by atoms with van der Waals surface area (Å²) in [5, 5.41) is 2.83. The van der Waals surface area contributed by atoms with Gasteiger partial charge in [0.25, 0.3) is 0 Å². The van der Waals surface area contributed by atoms with Gasteiger partial charge in [-0.25, -0.2) is 0 Å². The van der Waals surface area contributed by atoms with Crippen molar-refractivity contribution in [2.75, 3.05) is 13.2 Å². The molecule has 82 valence electrons. The molecule has 1 amide bonds. The minimum absolute atomic E-state index is 0.0355. The Balaban J connectivity index is 2.42. The molecule has 0 spiro atoms. The molecule has 0 aliphatic rings. The number of hydrogen-bond donors (Lipinski definition) is 1. The lowest BCUT2D eigenvalue weighted by Crippen LogP contribution is -2.30. The van der Waals surface area contributed by atoms with Crippen molar-refractivity contribution in [3.8, 4) is 0 Å². The van der Waals surface area contributed by atoms with Crippen LogP contribution in [-0.4, -0.2) is 24.1 Å². The molecular formula is C11H16N2O2. The fourth-order valence-electron chi connectivity index (χ4n) is 1.19. The summed E-state index contributed by atoms with van der Waals surface area (Å²) in [6, 6.07) is 3.74. The first-order chi connectivity index (χ1) is 7.24. The molecule has 4 heteroatoms. The Hall–Kier alpha value is -1.42. The lowest BCUT2D eigenvalue weighted by atomic mass is 10.1. The van der Waals surface area contributed by atoms with Crippen molar-refractivity contribution >= 4 is 5.91 Å². The van der Waals surface area contributed by atoms with Crippen molar-refractivity contribution in [3.63, 3.8) is 0 Å². The largest absolute Gasteiger partial charge is 0.372 e. The van der Waals surface area contributed by atoms with Gasteiger partial charge in [-0.05, 0) is 25.5 Å². The van der Waals surface area contributed by atoms with E-state index in [4.69, 9.17) is 4.74 Å². The summed E-state index contributed by atoms with van der Waals surface area (Å²) < 4.78 is 5.00. The minimum Gasteiger partial charge on any atom is -0.372 e. The van der Waals surface area contributed by atoms with Crippen LogP contribution in [-0.2, 0) is 9.53 Å². The van der Waals surface area contributed by atoms with E-state index in [0.717, 1.165) is 5.56 Å². The number of ether oxygens (including phenoxy) is 1. The molecule has 0 saturated heterocycles. The average Bonchev–Trinajstić information content (AvgIpc) is 2.27. The Labute approximate surface area is 89.7 Å². The van der Waals surface area contributed by atoms with Gasteiger partial charge in [-0.1, -0.05) is 6.07 Å². The molecule has 1 heterocycles. The van der Waals surface area contributed by atoms with Crippen LogP contribution in [0.1, 0.15) is 25.5 Å². The number of nitrogens with one attached hydrogen (secondary N) is 1. The summed E-state index contributed by atoms with van der Waals surface area (Å²) in [5.41, 5.74) is 0.988. The lowest BCUT2D eigenvalue weighted by Gasteiger charge is -2.13. The summed E-state index contributed by atoms with van der Waals surface area (Å²) in [5.74, 6) is -0.104. The third-order valence-corrected chi connectivity index (χ3v) is 2.00. The number of nitrogens with zero attached hydrogens (tertiary/aromatic N) is 1. The summed E-state index contributed by atoms with van der Waals surface area (Å²) >= 11 is 0. The number of pyridine rings is 1. The van der Waals surface area contributed by atoms with Crippen molar-refractivity contribution < 1.29 is 9.53 Å². The molecule has 0 radical (unpaired) electrons. The Morgan fingerprint density at radius 2 is 2.47 bits per heavy atom. The van der Waals surface area contributed by atoms with Crippen LogP contribution in [0.3, 0.4) is 0 Å². The minimum atomic E-state index is -0.104. The summed E-state index contributed by atoms with van der Waals surface area (Å²) in [6.45, 7) is 4.44.